The molecule has 2 aromatic rings. The highest BCUT2D eigenvalue weighted by atomic mass is 35.5. The number of rotatable bonds is 3. The van der Waals surface area contributed by atoms with Crippen molar-refractivity contribution in [2.45, 2.75) is 0 Å². The van der Waals surface area contributed by atoms with Gasteiger partial charge in [-0.15, -0.1) is 0 Å². The van der Waals surface area contributed by atoms with Gasteiger partial charge >= 0.3 is 0 Å². The number of thiocarbonyl (C=S) groups is 1. The van der Waals surface area contributed by atoms with E-state index in [0.717, 1.165) is 0 Å². The Labute approximate surface area is 114 Å². The zero-order chi connectivity index (χ0) is 13.1. The number of halogens is 2. The van der Waals surface area contributed by atoms with E-state index < -0.39 is 5.82 Å². The molecule has 18 heavy (non-hydrogen) atoms. The number of hydrogen-bond donors (Lipinski definition) is 1. The fourth-order valence-electron chi connectivity index (χ4n) is 1.41. The highest BCUT2D eigenvalue weighted by Crippen LogP contribution is 2.27. The molecule has 2 rings (SSSR count). The summed E-state index contributed by atoms with van der Waals surface area (Å²) in [6, 6.07) is 10.8. The van der Waals surface area contributed by atoms with E-state index in [1.54, 1.807) is 24.3 Å². The predicted octanol–water partition coefficient (Wildman–Crippen LogP) is 3.91. The summed E-state index contributed by atoms with van der Waals surface area (Å²) in [7, 11) is 0. The minimum absolute atomic E-state index is 0.0819. The molecule has 0 unspecified atom stereocenters. The number of benzene rings is 2. The maximum absolute atomic E-state index is 13.1. The van der Waals surface area contributed by atoms with E-state index in [1.165, 1.54) is 18.2 Å². The van der Waals surface area contributed by atoms with Crippen molar-refractivity contribution < 1.29 is 9.13 Å². The monoisotopic (exact) mass is 281 g/mol. The van der Waals surface area contributed by atoms with Crippen LogP contribution in [-0.2, 0) is 0 Å². The molecule has 0 amide bonds. The molecule has 0 radical (unpaired) electrons. The van der Waals surface area contributed by atoms with E-state index in [1.807, 2.05) is 0 Å². The summed E-state index contributed by atoms with van der Waals surface area (Å²) in [6.45, 7) is 0. The second-order valence-electron chi connectivity index (χ2n) is 3.56. The van der Waals surface area contributed by atoms with Gasteiger partial charge in [0.25, 0.3) is 0 Å². The number of ether oxygens (including phenoxy) is 1. The molecular formula is C13H9ClFNOS. The van der Waals surface area contributed by atoms with Crippen LogP contribution in [0.5, 0.6) is 11.5 Å². The molecule has 0 atom stereocenters. The minimum Gasteiger partial charge on any atom is -0.457 e. The predicted molar refractivity (Wildman–Crippen MR) is 73.8 cm³/mol. The van der Waals surface area contributed by atoms with Crippen LogP contribution < -0.4 is 10.5 Å². The Morgan fingerprint density at radius 1 is 1.17 bits per heavy atom. The van der Waals surface area contributed by atoms with Crippen molar-refractivity contribution in [3.63, 3.8) is 0 Å². The lowest BCUT2D eigenvalue weighted by atomic mass is 10.2. The van der Waals surface area contributed by atoms with Crippen LogP contribution in [0.25, 0.3) is 0 Å². The van der Waals surface area contributed by atoms with Crippen molar-refractivity contribution in [1.82, 2.24) is 0 Å². The normalized spacial score (nSPS) is 10.1. The Balaban J connectivity index is 2.34. The van der Waals surface area contributed by atoms with Crippen LogP contribution in [0.15, 0.2) is 42.5 Å². The van der Waals surface area contributed by atoms with Crippen LogP contribution >= 0.6 is 23.8 Å². The lowest BCUT2D eigenvalue weighted by Gasteiger charge is -2.10. The number of nitrogens with two attached hydrogens (primary N) is 1. The van der Waals surface area contributed by atoms with Gasteiger partial charge in [-0.1, -0.05) is 23.8 Å². The van der Waals surface area contributed by atoms with Gasteiger partial charge < -0.3 is 10.5 Å². The highest BCUT2D eigenvalue weighted by Gasteiger charge is 2.09. The van der Waals surface area contributed by atoms with E-state index in [0.29, 0.717) is 22.1 Å². The summed E-state index contributed by atoms with van der Waals surface area (Å²) in [5.41, 5.74) is 5.89. The Morgan fingerprint density at radius 3 is 2.44 bits per heavy atom. The van der Waals surface area contributed by atoms with Crippen molar-refractivity contribution in [2.24, 2.45) is 5.73 Å². The van der Waals surface area contributed by atoms with Crippen LogP contribution in [-0.4, -0.2) is 4.99 Å². The van der Waals surface area contributed by atoms with Gasteiger partial charge in [0.1, 0.15) is 22.3 Å². The second kappa shape index (κ2) is 5.33. The van der Waals surface area contributed by atoms with Gasteiger partial charge in [-0.25, -0.2) is 4.39 Å². The molecular weight excluding hydrogens is 273 g/mol. The third kappa shape index (κ3) is 2.97. The van der Waals surface area contributed by atoms with Crippen LogP contribution in [0, 0.1) is 5.82 Å². The van der Waals surface area contributed by atoms with Crippen molar-refractivity contribution in [3.8, 4) is 11.5 Å². The summed E-state index contributed by atoms with van der Waals surface area (Å²) >= 11 is 10.6. The first-order chi connectivity index (χ1) is 8.56. The van der Waals surface area contributed by atoms with Gasteiger partial charge in [0.15, 0.2) is 0 Å². The summed E-state index contributed by atoms with van der Waals surface area (Å²) in [5, 5.41) is 0.607. The summed E-state index contributed by atoms with van der Waals surface area (Å²) < 4.78 is 18.7. The molecule has 92 valence electrons. The smallest absolute Gasteiger partial charge is 0.137 e. The van der Waals surface area contributed by atoms with Crippen LogP contribution in [0.2, 0.25) is 5.02 Å². The molecule has 0 aliphatic carbocycles. The molecule has 0 saturated heterocycles. The molecule has 0 saturated carbocycles. The van der Waals surface area contributed by atoms with E-state index >= 15 is 0 Å². The zero-order valence-corrected chi connectivity index (χ0v) is 10.8. The lowest BCUT2D eigenvalue weighted by molar-refractivity contribution is 0.479. The molecule has 0 aromatic heterocycles. The Morgan fingerprint density at radius 2 is 1.83 bits per heavy atom. The standard InChI is InChI=1S/C13H9ClFNOS/c14-8-1-4-10(5-2-8)17-12-6-3-9(15)7-11(12)13(16)18/h1-7H,(H2,16,18). The first kappa shape index (κ1) is 12.8. The van der Waals surface area contributed by atoms with Gasteiger partial charge in [-0.05, 0) is 42.5 Å². The van der Waals surface area contributed by atoms with Crippen molar-refractivity contribution in [1.29, 1.82) is 0 Å². The Bertz CT molecular complexity index is 586. The van der Waals surface area contributed by atoms with E-state index in [9.17, 15) is 4.39 Å². The second-order valence-corrected chi connectivity index (χ2v) is 4.44. The third-order valence-corrected chi connectivity index (χ3v) is 2.72. The first-order valence-corrected chi connectivity index (χ1v) is 5.87. The molecule has 2 N–H and O–H groups in total. The van der Waals surface area contributed by atoms with Crippen LogP contribution in [0.4, 0.5) is 4.39 Å². The quantitative estimate of drug-likeness (QED) is 0.867. The van der Waals surface area contributed by atoms with Crippen molar-refractivity contribution in [2.75, 3.05) is 0 Å². The first-order valence-electron chi connectivity index (χ1n) is 5.09. The summed E-state index contributed by atoms with van der Waals surface area (Å²) in [4.78, 5) is 0.0819. The van der Waals surface area contributed by atoms with Crippen molar-refractivity contribution in [3.05, 3.63) is 58.9 Å². The maximum atomic E-state index is 13.1. The van der Waals surface area contributed by atoms with Gasteiger partial charge in [0.2, 0.25) is 0 Å². The van der Waals surface area contributed by atoms with Gasteiger partial charge in [0.05, 0.1) is 5.56 Å². The molecule has 0 bridgehead atoms. The SMILES string of the molecule is NC(=S)c1cc(F)ccc1Oc1ccc(Cl)cc1. The molecule has 0 aliphatic rings. The Hall–Kier alpha value is -1.65. The van der Waals surface area contributed by atoms with Crippen LogP contribution in [0.1, 0.15) is 5.56 Å². The van der Waals surface area contributed by atoms with Gasteiger partial charge in [0, 0.05) is 5.02 Å². The molecule has 2 aromatic carbocycles. The zero-order valence-electron chi connectivity index (χ0n) is 9.19. The molecule has 0 heterocycles. The summed E-state index contributed by atoms with van der Waals surface area (Å²) in [5.74, 6) is 0.566. The van der Waals surface area contributed by atoms with Crippen molar-refractivity contribution >= 4 is 28.8 Å². The largest absolute Gasteiger partial charge is 0.457 e. The fraction of sp³-hybridized carbons (Fsp3) is 0. The van der Waals surface area contributed by atoms with Gasteiger partial charge in [-0.3, -0.25) is 0 Å². The number of hydrogen-bond acceptors (Lipinski definition) is 2. The van der Waals surface area contributed by atoms with Crippen LogP contribution in [0.3, 0.4) is 0 Å². The topological polar surface area (TPSA) is 35.2 Å². The molecule has 2 nitrogen and oxygen atoms in total. The van der Waals surface area contributed by atoms with E-state index in [2.05, 4.69) is 0 Å². The van der Waals surface area contributed by atoms with E-state index in [-0.39, 0.29) is 4.99 Å². The maximum Gasteiger partial charge on any atom is 0.137 e. The molecule has 0 spiro atoms. The summed E-state index contributed by atoms with van der Waals surface area (Å²) in [6.07, 6.45) is 0. The average molecular weight is 282 g/mol. The van der Waals surface area contributed by atoms with E-state index in [4.69, 9.17) is 34.3 Å². The average Bonchev–Trinajstić information content (AvgIpc) is 2.34. The molecule has 0 aliphatic heterocycles. The molecule has 5 heteroatoms. The molecule has 0 fully saturated rings. The lowest BCUT2D eigenvalue weighted by Crippen LogP contribution is -2.11. The van der Waals surface area contributed by atoms with Gasteiger partial charge in [-0.2, -0.15) is 0 Å². The fourth-order valence-corrected chi connectivity index (χ4v) is 1.70. The highest BCUT2D eigenvalue weighted by molar-refractivity contribution is 7.80. The minimum atomic E-state index is -0.416. The third-order valence-electron chi connectivity index (χ3n) is 2.25. The Kier molecular flexibility index (Phi) is 3.79.